The van der Waals surface area contributed by atoms with Crippen LogP contribution in [0.2, 0.25) is 0 Å². The second kappa shape index (κ2) is 4.70. The maximum absolute atomic E-state index is 12.4. The summed E-state index contributed by atoms with van der Waals surface area (Å²) in [4.78, 5) is 0. The lowest BCUT2D eigenvalue weighted by atomic mass is 10.1. The van der Waals surface area contributed by atoms with Crippen molar-refractivity contribution in [3.05, 3.63) is 54.7 Å². The van der Waals surface area contributed by atoms with Crippen molar-refractivity contribution in [3.8, 4) is 0 Å². The van der Waals surface area contributed by atoms with E-state index in [0.29, 0.717) is 0 Å². The number of hydrogen-bond acceptors (Lipinski definition) is 0. The van der Waals surface area contributed by atoms with E-state index in [-0.39, 0.29) is 5.82 Å². The number of hydrogen-bond donors (Lipinski definition) is 0. The number of benzene rings is 1. The Morgan fingerprint density at radius 3 is 2.42 bits per heavy atom. The summed E-state index contributed by atoms with van der Waals surface area (Å²) >= 11 is 0. The fraction of sp³-hybridized carbons (Fsp3) is 0.182. The van der Waals surface area contributed by atoms with Gasteiger partial charge in [0.25, 0.3) is 0 Å². The molecule has 0 saturated carbocycles. The second-order valence-corrected chi connectivity index (χ2v) is 2.59. The number of rotatable bonds is 3. The second-order valence-electron chi connectivity index (χ2n) is 2.59. The molecule has 0 spiro atoms. The smallest absolute Gasteiger partial charge is 0.123 e. The van der Waals surface area contributed by atoms with Crippen molar-refractivity contribution in [1.82, 2.24) is 0 Å². The van der Waals surface area contributed by atoms with E-state index in [0.717, 1.165) is 18.4 Å². The van der Waals surface area contributed by atoms with E-state index in [1.165, 1.54) is 12.1 Å². The largest absolute Gasteiger partial charge is 0.207 e. The zero-order valence-electron chi connectivity index (χ0n) is 6.96. The van der Waals surface area contributed by atoms with Crippen molar-refractivity contribution in [2.45, 2.75) is 12.8 Å². The summed E-state index contributed by atoms with van der Waals surface area (Å²) in [6, 6.07) is 6.55. The predicted octanol–water partition coefficient (Wildman–Crippen LogP) is 3.15. The highest BCUT2D eigenvalue weighted by Gasteiger charge is 1.89. The lowest BCUT2D eigenvalue weighted by Crippen LogP contribution is -1.80. The van der Waals surface area contributed by atoms with Gasteiger partial charge in [0.15, 0.2) is 0 Å². The van der Waals surface area contributed by atoms with Crippen LogP contribution >= 0.6 is 0 Å². The van der Waals surface area contributed by atoms with Crippen molar-refractivity contribution in [2.75, 3.05) is 0 Å². The first-order valence-corrected chi connectivity index (χ1v) is 4.01. The lowest BCUT2D eigenvalue weighted by Gasteiger charge is -1.94. The van der Waals surface area contributed by atoms with Gasteiger partial charge in [0, 0.05) is 0 Å². The molecule has 1 heteroatoms. The molecule has 1 aromatic carbocycles. The zero-order chi connectivity index (χ0) is 8.81. The van der Waals surface area contributed by atoms with Gasteiger partial charge < -0.3 is 0 Å². The first-order chi connectivity index (χ1) is 5.83. The minimum absolute atomic E-state index is 0.181. The van der Waals surface area contributed by atoms with Crippen LogP contribution in [0.25, 0.3) is 0 Å². The third kappa shape index (κ3) is 2.87. The van der Waals surface area contributed by atoms with Gasteiger partial charge in [-0.3, -0.25) is 0 Å². The highest BCUT2D eigenvalue weighted by atomic mass is 19.1. The van der Waals surface area contributed by atoms with E-state index in [9.17, 15) is 4.39 Å². The highest BCUT2D eigenvalue weighted by Crippen LogP contribution is 2.03. The fourth-order valence-corrected chi connectivity index (χ4v) is 0.958. The molecular weight excluding hydrogens is 151 g/mol. The average Bonchev–Trinajstić information content (AvgIpc) is 2.09. The van der Waals surface area contributed by atoms with Gasteiger partial charge in [-0.05, 0) is 37.5 Å². The Labute approximate surface area is 72.7 Å². The highest BCUT2D eigenvalue weighted by molar-refractivity contribution is 5.18. The molecule has 0 unspecified atom stereocenters. The third-order valence-electron chi connectivity index (χ3n) is 1.60. The standard InChI is InChI=1S/C11H12F/c1-2-3-4-5-10-6-8-11(12)9-7-10/h3-4,6-9H,1-2,5H2/b4-3+. The van der Waals surface area contributed by atoms with Gasteiger partial charge in [-0.2, -0.15) is 0 Å². The third-order valence-corrected chi connectivity index (χ3v) is 1.60. The van der Waals surface area contributed by atoms with Crippen LogP contribution in [-0.2, 0) is 6.42 Å². The summed E-state index contributed by atoms with van der Waals surface area (Å²) in [7, 11) is 0. The molecule has 0 aliphatic heterocycles. The first-order valence-electron chi connectivity index (χ1n) is 4.01. The van der Waals surface area contributed by atoms with Crippen LogP contribution in [0.3, 0.4) is 0 Å². The van der Waals surface area contributed by atoms with Crippen LogP contribution in [0.4, 0.5) is 4.39 Å². The van der Waals surface area contributed by atoms with Crippen molar-refractivity contribution in [1.29, 1.82) is 0 Å². The summed E-state index contributed by atoms with van der Waals surface area (Å²) in [5.41, 5.74) is 1.13. The van der Waals surface area contributed by atoms with Gasteiger partial charge >= 0.3 is 0 Å². The summed E-state index contributed by atoms with van der Waals surface area (Å²) in [5.74, 6) is -0.181. The van der Waals surface area contributed by atoms with Crippen molar-refractivity contribution < 1.29 is 4.39 Å². The van der Waals surface area contributed by atoms with Crippen LogP contribution in [-0.4, -0.2) is 0 Å². The van der Waals surface area contributed by atoms with Crippen molar-refractivity contribution in [3.63, 3.8) is 0 Å². The van der Waals surface area contributed by atoms with Gasteiger partial charge in [0.2, 0.25) is 0 Å². The summed E-state index contributed by atoms with van der Waals surface area (Å²) in [6.07, 6.45) is 5.71. The molecular formula is C11H12F. The minimum Gasteiger partial charge on any atom is -0.207 e. The van der Waals surface area contributed by atoms with E-state index < -0.39 is 0 Å². The van der Waals surface area contributed by atoms with Gasteiger partial charge in [0.1, 0.15) is 5.82 Å². The van der Waals surface area contributed by atoms with Crippen molar-refractivity contribution in [2.24, 2.45) is 0 Å². The molecule has 0 nitrogen and oxygen atoms in total. The molecule has 0 N–H and O–H groups in total. The Morgan fingerprint density at radius 1 is 1.17 bits per heavy atom. The molecule has 0 aliphatic rings. The molecule has 1 aromatic rings. The van der Waals surface area contributed by atoms with Crippen LogP contribution in [0.5, 0.6) is 0 Å². The molecule has 0 saturated heterocycles. The molecule has 0 aliphatic carbocycles. The normalized spacial score (nSPS) is 10.8. The van der Waals surface area contributed by atoms with Gasteiger partial charge in [-0.25, -0.2) is 4.39 Å². The fourth-order valence-electron chi connectivity index (χ4n) is 0.958. The van der Waals surface area contributed by atoms with Gasteiger partial charge in [-0.15, -0.1) is 0 Å². The van der Waals surface area contributed by atoms with Gasteiger partial charge in [0.05, 0.1) is 0 Å². The number of halogens is 1. The molecule has 0 aromatic heterocycles. The van der Waals surface area contributed by atoms with Crippen LogP contribution in [0, 0.1) is 12.7 Å². The van der Waals surface area contributed by atoms with Crippen LogP contribution in [0.15, 0.2) is 36.4 Å². The number of allylic oxidation sites excluding steroid dienone is 2. The summed E-state index contributed by atoms with van der Waals surface area (Å²) in [5, 5.41) is 0. The predicted molar refractivity (Wildman–Crippen MR) is 49.2 cm³/mol. The summed E-state index contributed by atoms with van der Waals surface area (Å²) < 4.78 is 12.4. The van der Waals surface area contributed by atoms with Gasteiger partial charge in [-0.1, -0.05) is 24.3 Å². The molecule has 0 fully saturated rings. The molecule has 0 amide bonds. The average molecular weight is 163 g/mol. The maximum atomic E-state index is 12.4. The monoisotopic (exact) mass is 163 g/mol. The van der Waals surface area contributed by atoms with E-state index in [2.05, 4.69) is 6.92 Å². The van der Waals surface area contributed by atoms with Crippen LogP contribution < -0.4 is 0 Å². The maximum Gasteiger partial charge on any atom is 0.123 e. The van der Waals surface area contributed by atoms with Crippen molar-refractivity contribution >= 4 is 0 Å². The molecule has 0 heterocycles. The quantitative estimate of drug-likeness (QED) is 0.600. The minimum atomic E-state index is -0.181. The Kier molecular flexibility index (Phi) is 3.52. The van der Waals surface area contributed by atoms with Crippen LogP contribution in [0.1, 0.15) is 12.0 Å². The Hall–Kier alpha value is -1.11. The van der Waals surface area contributed by atoms with E-state index in [1.54, 1.807) is 12.1 Å². The molecule has 0 atom stereocenters. The first kappa shape index (κ1) is 8.98. The molecule has 1 rings (SSSR count). The lowest BCUT2D eigenvalue weighted by molar-refractivity contribution is 0.627. The Morgan fingerprint density at radius 2 is 1.83 bits per heavy atom. The Balaban J connectivity index is 2.53. The molecule has 1 radical (unpaired) electrons. The van der Waals surface area contributed by atoms with E-state index in [4.69, 9.17) is 0 Å². The summed E-state index contributed by atoms with van der Waals surface area (Å²) in [6.45, 7) is 3.68. The molecule has 12 heavy (non-hydrogen) atoms. The van der Waals surface area contributed by atoms with E-state index in [1.807, 2.05) is 12.2 Å². The Bertz CT molecular complexity index is 246. The SMILES string of the molecule is [CH2]C/C=C/Cc1ccc(F)cc1. The zero-order valence-corrected chi connectivity index (χ0v) is 6.96. The van der Waals surface area contributed by atoms with E-state index >= 15 is 0 Å². The molecule has 63 valence electrons. The topological polar surface area (TPSA) is 0 Å². The molecule has 0 bridgehead atoms.